The van der Waals surface area contributed by atoms with Crippen molar-refractivity contribution < 1.29 is 24.0 Å². The molecule has 2 aliphatic heterocycles. The van der Waals surface area contributed by atoms with Crippen LogP contribution >= 0.6 is 0 Å². The van der Waals surface area contributed by atoms with Gasteiger partial charge in [-0.25, -0.2) is 4.79 Å². The van der Waals surface area contributed by atoms with E-state index >= 15 is 0 Å². The van der Waals surface area contributed by atoms with E-state index in [0.29, 0.717) is 19.5 Å². The molecular formula is C15H25BN2O5. The maximum atomic E-state index is 12.1. The first-order valence-corrected chi connectivity index (χ1v) is 7.80. The van der Waals surface area contributed by atoms with Crippen LogP contribution in [-0.4, -0.2) is 71.9 Å². The van der Waals surface area contributed by atoms with Crippen molar-refractivity contribution in [2.45, 2.75) is 45.3 Å². The molecule has 1 saturated heterocycles. The summed E-state index contributed by atoms with van der Waals surface area (Å²) in [5.74, 6) is -0.195. The van der Waals surface area contributed by atoms with Crippen molar-refractivity contribution in [3.63, 3.8) is 0 Å². The third kappa shape index (κ3) is 3.69. The Labute approximate surface area is 137 Å². The number of carbonyl (C=O) groups is 2. The molecule has 8 heteroatoms. The van der Waals surface area contributed by atoms with E-state index in [1.807, 2.05) is 33.8 Å². The highest BCUT2D eigenvalue weighted by molar-refractivity contribution is 6.54. The lowest BCUT2D eigenvalue weighted by Crippen LogP contribution is -2.43. The van der Waals surface area contributed by atoms with E-state index in [2.05, 4.69) is 0 Å². The summed E-state index contributed by atoms with van der Waals surface area (Å²) in [4.78, 5) is 25.5. The molecule has 128 valence electrons. The molecule has 0 spiro atoms. The summed E-state index contributed by atoms with van der Waals surface area (Å²) >= 11 is 0. The maximum Gasteiger partial charge on any atom is 0.490 e. The number of nitrogens with zero attached hydrogens (tertiary/aromatic N) is 2. The quantitative estimate of drug-likeness (QED) is 0.794. The molecule has 0 aliphatic carbocycles. The van der Waals surface area contributed by atoms with Crippen molar-refractivity contribution in [1.82, 2.24) is 9.80 Å². The average molecular weight is 324 g/mol. The van der Waals surface area contributed by atoms with Gasteiger partial charge in [0.25, 0.3) is 0 Å². The van der Waals surface area contributed by atoms with Crippen LogP contribution in [0.15, 0.2) is 11.5 Å². The molecule has 0 atom stereocenters. The van der Waals surface area contributed by atoms with E-state index in [4.69, 9.17) is 14.4 Å². The Hall–Kier alpha value is -1.54. The Morgan fingerprint density at radius 3 is 2.30 bits per heavy atom. The number of hydrogen-bond donors (Lipinski definition) is 1. The number of carbonyl (C=O) groups excluding carboxylic acids is 1. The van der Waals surface area contributed by atoms with Crippen LogP contribution in [0, 0.1) is 0 Å². The Kier molecular flexibility index (Phi) is 4.77. The molecule has 0 aromatic carbocycles. The monoisotopic (exact) mass is 324 g/mol. The second-order valence-corrected chi connectivity index (χ2v) is 7.10. The molecule has 0 saturated carbocycles. The summed E-state index contributed by atoms with van der Waals surface area (Å²) in [5, 5.41) is 8.82. The van der Waals surface area contributed by atoms with Gasteiger partial charge in [-0.15, -0.1) is 0 Å². The summed E-state index contributed by atoms with van der Waals surface area (Å²) in [5.41, 5.74) is 0.282. The summed E-state index contributed by atoms with van der Waals surface area (Å²) in [6, 6.07) is 0. The van der Waals surface area contributed by atoms with E-state index in [-0.39, 0.29) is 30.8 Å². The molecule has 0 unspecified atom stereocenters. The van der Waals surface area contributed by atoms with Gasteiger partial charge >= 0.3 is 13.2 Å². The molecule has 0 radical (unpaired) electrons. The van der Waals surface area contributed by atoms with E-state index < -0.39 is 6.09 Å². The maximum absolute atomic E-state index is 12.1. The van der Waals surface area contributed by atoms with Crippen molar-refractivity contribution in [3.8, 4) is 0 Å². The van der Waals surface area contributed by atoms with Crippen LogP contribution in [0.3, 0.4) is 0 Å². The van der Waals surface area contributed by atoms with Gasteiger partial charge in [-0.05, 0) is 39.6 Å². The molecule has 2 amide bonds. The lowest BCUT2D eigenvalue weighted by molar-refractivity contribution is -0.131. The van der Waals surface area contributed by atoms with E-state index in [0.717, 1.165) is 10.4 Å². The summed E-state index contributed by atoms with van der Waals surface area (Å²) in [6.45, 7) is 8.90. The Bertz CT molecular complexity index is 516. The van der Waals surface area contributed by atoms with E-state index in [1.165, 1.54) is 7.05 Å². The fourth-order valence-corrected chi connectivity index (χ4v) is 2.49. The Balaban J connectivity index is 1.94. The minimum absolute atomic E-state index is 0.130. The summed E-state index contributed by atoms with van der Waals surface area (Å²) in [7, 11) is 1.01. The number of carboxylic acid groups (broad SMARTS) is 1. The molecule has 2 aliphatic rings. The predicted molar refractivity (Wildman–Crippen MR) is 86.0 cm³/mol. The third-order valence-electron chi connectivity index (χ3n) is 4.85. The smallest absolute Gasteiger partial charge is 0.465 e. The van der Waals surface area contributed by atoms with Crippen LogP contribution in [0.25, 0.3) is 0 Å². The lowest BCUT2D eigenvalue weighted by atomic mass is 9.75. The zero-order valence-corrected chi connectivity index (χ0v) is 14.5. The predicted octanol–water partition coefficient (Wildman–Crippen LogP) is 1.39. The minimum atomic E-state index is -1.11. The van der Waals surface area contributed by atoms with Gasteiger partial charge in [-0.3, -0.25) is 4.79 Å². The normalized spacial score (nSPS) is 22.7. The second kappa shape index (κ2) is 6.16. The highest BCUT2D eigenvalue weighted by Crippen LogP contribution is 2.39. The first-order chi connectivity index (χ1) is 10.5. The van der Waals surface area contributed by atoms with Gasteiger partial charge in [-0.1, -0.05) is 6.08 Å². The highest BCUT2D eigenvalue weighted by atomic mass is 16.7. The van der Waals surface area contributed by atoms with Gasteiger partial charge in [0.2, 0.25) is 5.91 Å². The van der Waals surface area contributed by atoms with Crippen molar-refractivity contribution in [2.24, 2.45) is 0 Å². The molecule has 1 N–H and O–H groups in total. The van der Waals surface area contributed by atoms with Gasteiger partial charge in [0.05, 0.1) is 11.2 Å². The summed E-state index contributed by atoms with van der Waals surface area (Å²) in [6.07, 6.45) is 1.51. The van der Waals surface area contributed by atoms with E-state index in [9.17, 15) is 9.59 Å². The Morgan fingerprint density at radius 1 is 1.30 bits per heavy atom. The zero-order valence-electron chi connectivity index (χ0n) is 14.5. The van der Waals surface area contributed by atoms with Gasteiger partial charge in [0.1, 0.15) is 6.54 Å². The molecule has 23 heavy (non-hydrogen) atoms. The highest BCUT2D eigenvalue weighted by Gasteiger charge is 2.52. The third-order valence-corrected chi connectivity index (χ3v) is 4.85. The minimum Gasteiger partial charge on any atom is -0.465 e. The largest absolute Gasteiger partial charge is 0.490 e. The van der Waals surface area contributed by atoms with E-state index in [1.54, 1.807) is 4.90 Å². The van der Waals surface area contributed by atoms with Crippen LogP contribution in [0.1, 0.15) is 34.1 Å². The number of hydrogen-bond acceptors (Lipinski definition) is 4. The van der Waals surface area contributed by atoms with Crippen molar-refractivity contribution >= 4 is 19.1 Å². The number of amides is 2. The van der Waals surface area contributed by atoms with Crippen molar-refractivity contribution in [1.29, 1.82) is 0 Å². The molecule has 2 heterocycles. The van der Waals surface area contributed by atoms with Crippen LogP contribution in [0.5, 0.6) is 0 Å². The van der Waals surface area contributed by atoms with Gasteiger partial charge in [0.15, 0.2) is 0 Å². The van der Waals surface area contributed by atoms with Crippen LogP contribution in [0.4, 0.5) is 4.79 Å². The van der Waals surface area contributed by atoms with Gasteiger partial charge in [0, 0.05) is 20.1 Å². The zero-order chi connectivity index (χ0) is 17.4. The van der Waals surface area contributed by atoms with Crippen molar-refractivity contribution in [3.05, 3.63) is 11.5 Å². The molecule has 7 nitrogen and oxygen atoms in total. The molecule has 0 bridgehead atoms. The van der Waals surface area contributed by atoms with Crippen LogP contribution < -0.4 is 0 Å². The SMILES string of the molecule is CN(CC(=O)N1CC=C(B2OC(C)(C)C(C)(C)O2)CC1)C(=O)O. The number of likely N-dealkylation sites (N-methyl/N-ethyl adjacent to an activating group) is 1. The molecule has 0 aromatic rings. The molecule has 0 aromatic heterocycles. The number of rotatable bonds is 3. The topological polar surface area (TPSA) is 79.3 Å². The molecule has 2 rings (SSSR count). The fraction of sp³-hybridized carbons (Fsp3) is 0.733. The van der Waals surface area contributed by atoms with Gasteiger partial charge in [-0.2, -0.15) is 0 Å². The first-order valence-electron chi connectivity index (χ1n) is 7.80. The fourth-order valence-electron chi connectivity index (χ4n) is 2.49. The Morgan fingerprint density at radius 2 is 1.87 bits per heavy atom. The standard InChI is InChI=1S/C15H25BN2O5/c1-14(2)15(3,4)23-16(22-14)11-6-8-18(9-7-11)12(19)10-17(5)13(20)21/h6H,7-10H2,1-5H3,(H,20,21). The first kappa shape index (κ1) is 17.8. The van der Waals surface area contributed by atoms with Gasteiger partial charge < -0.3 is 24.2 Å². The lowest BCUT2D eigenvalue weighted by Gasteiger charge is -2.32. The van der Waals surface area contributed by atoms with Crippen LogP contribution in [-0.2, 0) is 14.1 Å². The van der Waals surface area contributed by atoms with Crippen molar-refractivity contribution in [2.75, 3.05) is 26.7 Å². The van der Waals surface area contributed by atoms with Crippen LogP contribution in [0.2, 0.25) is 0 Å². The summed E-state index contributed by atoms with van der Waals surface area (Å²) < 4.78 is 12.0. The second-order valence-electron chi connectivity index (χ2n) is 7.10. The average Bonchev–Trinajstić information content (AvgIpc) is 2.67. The molecule has 1 fully saturated rings. The molecular weight excluding hydrogens is 299 g/mol.